The minimum atomic E-state index is -0.591. The molecule has 1 aliphatic rings. The van der Waals surface area contributed by atoms with Crippen LogP contribution >= 0.6 is 0 Å². The molecule has 0 saturated carbocycles. The lowest BCUT2D eigenvalue weighted by atomic mass is 10.1. The number of para-hydroxylation sites is 1. The molecule has 1 heterocycles. The average molecular weight is 409 g/mol. The number of nitrogens with zero attached hydrogens (tertiary/aromatic N) is 1. The smallest absolute Gasteiger partial charge is 0.252 e. The molecule has 0 spiro atoms. The van der Waals surface area contributed by atoms with E-state index in [1.807, 2.05) is 0 Å². The average Bonchev–Trinajstić information content (AvgIpc) is 3.13. The molecule has 0 aliphatic carbocycles. The van der Waals surface area contributed by atoms with E-state index in [2.05, 4.69) is 17.2 Å². The number of nitrogens with one attached hydrogen (secondary N) is 1. The predicted octanol–water partition coefficient (Wildman–Crippen LogP) is 1.48. The quantitative estimate of drug-likeness (QED) is 0.706. The van der Waals surface area contributed by atoms with E-state index in [1.54, 1.807) is 24.3 Å². The zero-order valence-electron chi connectivity index (χ0n) is 16.1. The first-order chi connectivity index (χ1) is 14.5. The number of ether oxygens (including phenoxy) is 1. The van der Waals surface area contributed by atoms with Crippen LogP contribution in [0.5, 0.6) is 5.75 Å². The zero-order chi connectivity index (χ0) is 21.5. The fraction of sp³-hybridized carbons (Fsp3) is 0.227. The summed E-state index contributed by atoms with van der Waals surface area (Å²) in [5.74, 6) is 3.90. The highest BCUT2D eigenvalue weighted by Crippen LogP contribution is 2.25. The number of carbonyl (C=O) groups is 3. The number of amides is 3. The van der Waals surface area contributed by atoms with E-state index in [0.717, 1.165) is 0 Å². The van der Waals surface area contributed by atoms with E-state index >= 15 is 0 Å². The normalized spacial score (nSPS) is 15.3. The van der Waals surface area contributed by atoms with Crippen LogP contribution in [0.1, 0.15) is 16.8 Å². The summed E-state index contributed by atoms with van der Waals surface area (Å²) in [6.45, 7) is 0.359. The molecule has 1 aliphatic heterocycles. The van der Waals surface area contributed by atoms with Gasteiger partial charge in [-0.1, -0.05) is 24.0 Å². The fourth-order valence-corrected chi connectivity index (χ4v) is 3.05. The third-order valence-electron chi connectivity index (χ3n) is 4.56. The summed E-state index contributed by atoms with van der Waals surface area (Å²) in [7, 11) is 0. The van der Waals surface area contributed by atoms with Crippen LogP contribution in [0.4, 0.5) is 10.1 Å². The molecule has 2 aromatic carbocycles. The van der Waals surface area contributed by atoms with Crippen molar-refractivity contribution < 1.29 is 23.5 Å². The Morgan fingerprint density at radius 3 is 2.63 bits per heavy atom. The van der Waals surface area contributed by atoms with Gasteiger partial charge in [-0.15, -0.1) is 0 Å². The van der Waals surface area contributed by atoms with Crippen LogP contribution < -0.4 is 20.7 Å². The second-order valence-electron chi connectivity index (χ2n) is 6.60. The molecule has 1 saturated heterocycles. The van der Waals surface area contributed by atoms with Crippen molar-refractivity contribution >= 4 is 23.4 Å². The summed E-state index contributed by atoms with van der Waals surface area (Å²) in [6.07, 6.45) is 0.0870. The zero-order valence-corrected chi connectivity index (χ0v) is 16.1. The Morgan fingerprint density at radius 2 is 1.90 bits per heavy atom. The van der Waals surface area contributed by atoms with Gasteiger partial charge in [0.05, 0.1) is 18.0 Å². The molecule has 1 unspecified atom stereocenters. The molecule has 154 valence electrons. The maximum atomic E-state index is 13.0. The minimum Gasteiger partial charge on any atom is -0.480 e. The van der Waals surface area contributed by atoms with Crippen LogP contribution in [0.2, 0.25) is 0 Å². The highest BCUT2D eigenvalue weighted by molar-refractivity contribution is 6.00. The number of hydrogen-bond acceptors (Lipinski definition) is 4. The molecule has 8 heteroatoms. The van der Waals surface area contributed by atoms with Crippen LogP contribution in [0.3, 0.4) is 0 Å². The van der Waals surface area contributed by atoms with Crippen molar-refractivity contribution in [2.24, 2.45) is 11.7 Å². The monoisotopic (exact) mass is 409 g/mol. The Balaban J connectivity index is 1.45. The third kappa shape index (κ3) is 5.14. The predicted molar refractivity (Wildman–Crippen MR) is 108 cm³/mol. The number of benzene rings is 2. The van der Waals surface area contributed by atoms with Crippen molar-refractivity contribution in [3.8, 4) is 17.6 Å². The molecule has 3 rings (SSSR count). The maximum Gasteiger partial charge on any atom is 0.252 e. The molecule has 3 N–H and O–H groups in total. The van der Waals surface area contributed by atoms with Crippen LogP contribution in [0.15, 0.2) is 48.5 Å². The summed E-state index contributed by atoms with van der Waals surface area (Å²) < 4.78 is 18.5. The van der Waals surface area contributed by atoms with Gasteiger partial charge in [-0.05, 0) is 36.4 Å². The van der Waals surface area contributed by atoms with Crippen molar-refractivity contribution in [1.29, 1.82) is 0 Å². The number of rotatable bonds is 6. The number of carbonyl (C=O) groups excluding carboxylic acids is 3. The van der Waals surface area contributed by atoms with E-state index in [4.69, 9.17) is 10.5 Å². The van der Waals surface area contributed by atoms with Gasteiger partial charge in [0.25, 0.3) is 5.91 Å². The Morgan fingerprint density at radius 1 is 1.17 bits per heavy atom. The molecule has 0 radical (unpaired) electrons. The lowest BCUT2D eigenvalue weighted by Gasteiger charge is -2.16. The highest BCUT2D eigenvalue weighted by Gasteiger charge is 2.34. The topological polar surface area (TPSA) is 102 Å². The Bertz CT molecular complexity index is 1010. The lowest BCUT2D eigenvalue weighted by molar-refractivity contribution is -0.126. The van der Waals surface area contributed by atoms with Gasteiger partial charge in [0.2, 0.25) is 11.8 Å². The van der Waals surface area contributed by atoms with Gasteiger partial charge >= 0.3 is 0 Å². The maximum absolute atomic E-state index is 13.0. The summed E-state index contributed by atoms with van der Waals surface area (Å²) in [5, 5.41) is 2.67. The van der Waals surface area contributed by atoms with Gasteiger partial charge < -0.3 is 20.7 Å². The molecular formula is C22H20FN3O4. The SMILES string of the molecule is NC(=O)c1ccccc1OCC#CCNC(=O)C1CC(=O)N(c2ccc(F)cc2)C1. The Hall–Kier alpha value is -3.86. The molecule has 1 fully saturated rings. The second-order valence-corrected chi connectivity index (χ2v) is 6.60. The number of nitrogens with two attached hydrogens (primary N) is 1. The third-order valence-corrected chi connectivity index (χ3v) is 4.56. The Labute approximate surface area is 173 Å². The van der Waals surface area contributed by atoms with Gasteiger partial charge in [-0.3, -0.25) is 14.4 Å². The number of halogens is 1. The molecule has 30 heavy (non-hydrogen) atoms. The van der Waals surface area contributed by atoms with Crippen molar-refractivity contribution in [1.82, 2.24) is 5.32 Å². The fourth-order valence-electron chi connectivity index (χ4n) is 3.05. The van der Waals surface area contributed by atoms with Crippen LogP contribution in [0, 0.1) is 23.6 Å². The van der Waals surface area contributed by atoms with Gasteiger partial charge in [0.15, 0.2) is 0 Å². The molecule has 3 amide bonds. The molecular weight excluding hydrogens is 389 g/mol. The standard InChI is InChI=1S/C22H20FN3O4/c23-16-7-9-17(10-8-16)26-14-15(13-20(26)27)22(29)25-11-3-4-12-30-19-6-2-1-5-18(19)21(24)28/h1-2,5-10,15H,11-14H2,(H2,24,28)(H,25,29). The first-order valence-corrected chi connectivity index (χ1v) is 9.26. The summed E-state index contributed by atoms with van der Waals surface area (Å²) in [6, 6.07) is 12.1. The van der Waals surface area contributed by atoms with E-state index in [-0.39, 0.29) is 49.3 Å². The van der Waals surface area contributed by atoms with E-state index < -0.39 is 11.8 Å². The van der Waals surface area contributed by atoms with E-state index in [1.165, 1.54) is 29.2 Å². The Kier molecular flexibility index (Phi) is 6.65. The highest BCUT2D eigenvalue weighted by atomic mass is 19.1. The van der Waals surface area contributed by atoms with Gasteiger partial charge in [0, 0.05) is 18.7 Å². The summed E-state index contributed by atoms with van der Waals surface area (Å²) >= 11 is 0. The molecule has 2 aromatic rings. The van der Waals surface area contributed by atoms with E-state index in [0.29, 0.717) is 11.4 Å². The van der Waals surface area contributed by atoms with Gasteiger partial charge in [-0.25, -0.2) is 4.39 Å². The molecule has 7 nitrogen and oxygen atoms in total. The van der Waals surface area contributed by atoms with Crippen LogP contribution in [0.25, 0.3) is 0 Å². The van der Waals surface area contributed by atoms with Crippen molar-refractivity contribution in [2.75, 3.05) is 24.6 Å². The first kappa shape index (κ1) is 20.9. The molecule has 0 aromatic heterocycles. The van der Waals surface area contributed by atoms with Gasteiger partial charge in [-0.2, -0.15) is 0 Å². The van der Waals surface area contributed by atoms with Crippen molar-refractivity contribution in [3.05, 3.63) is 59.9 Å². The largest absolute Gasteiger partial charge is 0.480 e. The molecule has 0 bridgehead atoms. The number of hydrogen-bond donors (Lipinski definition) is 2. The van der Waals surface area contributed by atoms with Crippen LogP contribution in [-0.2, 0) is 9.59 Å². The van der Waals surface area contributed by atoms with Crippen molar-refractivity contribution in [3.63, 3.8) is 0 Å². The second kappa shape index (κ2) is 9.56. The van der Waals surface area contributed by atoms with Gasteiger partial charge in [0.1, 0.15) is 18.2 Å². The number of anilines is 1. The number of primary amides is 1. The first-order valence-electron chi connectivity index (χ1n) is 9.26. The van der Waals surface area contributed by atoms with Crippen LogP contribution in [-0.4, -0.2) is 37.4 Å². The summed E-state index contributed by atoms with van der Waals surface area (Å²) in [4.78, 5) is 37.3. The minimum absolute atomic E-state index is 0.0282. The van der Waals surface area contributed by atoms with E-state index in [9.17, 15) is 18.8 Å². The summed E-state index contributed by atoms with van der Waals surface area (Å²) in [5.41, 5.74) is 6.10. The van der Waals surface area contributed by atoms with Crippen molar-refractivity contribution in [2.45, 2.75) is 6.42 Å². The lowest BCUT2D eigenvalue weighted by Crippen LogP contribution is -2.33. The molecule has 1 atom stereocenters.